The number of amides is 2. The number of hydrogen-bond acceptors (Lipinski definition) is 3. The monoisotopic (exact) mass is 296 g/mol. The maximum Gasteiger partial charge on any atom is 0.245 e. The van der Waals surface area contributed by atoms with E-state index in [1.54, 1.807) is 0 Å². The Morgan fingerprint density at radius 1 is 1.19 bits per heavy atom. The molecule has 0 radical (unpaired) electrons. The number of nitrogens with one attached hydrogen (secondary N) is 1. The van der Waals surface area contributed by atoms with Crippen LogP contribution in [0.25, 0.3) is 0 Å². The largest absolute Gasteiger partial charge is 0.378 e. The minimum Gasteiger partial charge on any atom is -0.378 e. The first-order valence-corrected chi connectivity index (χ1v) is 8.39. The van der Waals surface area contributed by atoms with Gasteiger partial charge in [0.05, 0.1) is 6.10 Å². The molecule has 21 heavy (non-hydrogen) atoms. The van der Waals surface area contributed by atoms with Crippen molar-refractivity contribution < 1.29 is 14.3 Å². The molecule has 120 valence electrons. The molecule has 1 N–H and O–H groups in total. The number of piperazine rings is 1. The van der Waals surface area contributed by atoms with Crippen LogP contribution in [0.2, 0.25) is 0 Å². The van der Waals surface area contributed by atoms with Crippen LogP contribution in [0, 0.1) is 0 Å². The molecule has 0 aliphatic carbocycles. The van der Waals surface area contributed by atoms with Crippen molar-refractivity contribution in [3.63, 3.8) is 0 Å². The van der Waals surface area contributed by atoms with Crippen molar-refractivity contribution in [2.45, 2.75) is 77.0 Å². The molecule has 0 saturated carbocycles. The van der Waals surface area contributed by atoms with E-state index in [9.17, 15) is 9.59 Å². The van der Waals surface area contributed by atoms with Gasteiger partial charge in [-0.05, 0) is 32.1 Å². The molecule has 5 nitrogen and oxygen atoms in total. The van der Waals surface area contributed by atoms with Gasteiger partial charge in [0, 0.05) is 13.2 Å². The first-order valence-electron chi connectivity index (χ1n) is 8.39. The van der Waals surface area contributed by atoms with E-state index >= 15 is 0 Å². The van der Waals surface area contributed by atoms with Crippen LogP contribution in [0.15, 0.2) is 0 Å². The van der Waals surface area contributed by atoms with Gasteiger partial charge in [-0.1, -0.05) is 26.7 Å². The number of rotatable bonds is 7. The van der Waals surface area contributed by atoms with Gasteiger partial charge < -0.3 is 15.0 Å². The predicted molar refractivity (Wildman–Crippen MR) is 80.8 cm³/mol. The zero-order valence-corrected chi connectivity index (χ0v) is 13.3. The highest BCUT2D eigenvalue weighted by Gasteiger charge is 2.39. The summed E-state index contributed by atoms with van der Waals surface area (Å²) in [6.07, 6.45) is 6.55. The molecule has 2 aliphatic rings. The number of carbonyl (C=O) groups excluding carboxylic acids is 2. The summed E-state index contributed by atoms with van der Waals surface area (Å²) in [5.74, 6) is 0.107. The summed E-state index contributed by atoms with van der Waals surface area (Å²) in [6.45, 7) is 5.56. The first-order chi connectivity index (χ1) is 10.2. The Bertz CT molecular complexity index is 367. The fourth-order valence-electron chi connectivity index (χ4n) is 3.29. The number of ether oxygens (including phenoxy) is 1. The molecule has 3 unspecified atom stereocenters. The summed E-state index contributed by atoms with van der Waals surface area (Å²) in [7, 11) is 0. The summed E-state index contributed by atoms with van der Waals surface area (Å²) < 4.78 is 5.64. The van der Waals surface area contributed by atoms with Crippen LogP contribution in [-0.2, 0) is 14.3 Å². The van der Waals surface area contributed by atoms with Crippen LogP contribution in [0.3, 0.4) is 0 Å². The first kappa shape index (κ1) is 16.3. The lowest BCUT2D eigenvalue weighted by molar-refractivity contribution is -0.150. The average molecular weight is 296 g/mol. The zero-order valence-electron chi connectivity index (χ0n) is 13.3. The van der Waals surface area contributed by atoms with Gasteiger partial charge >= 0.3 is 0 Å². The van der Waals surface area contributed by atoms with E-state index in [0.717, 1.165) is 51.6 Å². The van der Waals surface area contributed by atoms with Crippen molar-refractivity contribution in [3.05, 3.63) is 0 Å². The van der Waals surface area contributed by atoms with E-state index in [-0.39, 0.29) is 30.0 Å². The SMILES string of the molecule is CCCC1NC(=O)C(CCC)N(CCC2CCCO2)C1=O. The van der Waals surface area contributed by atoms with Crippen molar-refractivity contribution in [2.24, 2.45) is 0 Å². The van der Waals surface area contributed by atoms with E-state index in [4.69, 9.17) is 4.74 Å². The van der Waals surface area contributed by atoms with Crippen molar-refractivity contribution >= 4 is 11.8 Å². The van der Waals surface area contributed by atoms with Gasteiger partial charge in [-0.3, -0.25) is 9.59 Å². The molecule has 0 aromatic heterocycles. The van der Waals surface area contributed by atoms with Crippen LogP contribution >= 0.6 is 0 Å². The van der Waals surface area contributed by atoms with E-state index in [2.05, 4.69) is 5.32 Å². The van der Waals surface area contributed by atoms with Crippen LogP contribution in [-0.4, -0.2) is 48.1 Å². The van der Waals surface area contributed by atoms with Crippen molar-refractivity contribution in [2.75, 3.05) is 13.2 Å². The second-order valence-corrected chi connectivity index (χ2v) is 6.11. The average Bonchev–Trinajstić information content (AvgIpc) is 2.97. The van der Waals surface area contributed by atoms with Gasteiger partial charge in [-0.2, -0.15) is 0 Å². The van der Waals surface area contributed by atoms with Gasteiger partial charge in [-0.15, -0.1) is 0 Å². The fourth-order valence-corrected chi connectivity index (χ4v) is 3.29. The standard InChI is InChI=1S/C16H28N2O3/c1-3-6-13-16(20)18(10-9-12-8-5-11-21-12)14(7-4-2)15(19)17-13/h12-14H,3-11H2,1-2H3,(H,17,19). The van der Waals surface area contributed by atoms with Gasteiger partial charge in [0.2, 0.25) is 11.8 Å². The Balaban J connectivity index is 2.01. The Kier molecular flexibility index (Phi) is 6.03. The smallest absolute Gasteiger partial charge is 0.245 e. The summed E-state index contributed by atoms with van der Waals surface area (Å²) in [5, 5.41) is 2.90. The molecule has 2 amide bonds. The minimum absolute atomic E-state index is 0.0160. The van der Waals surface area contributed by atoms with E-state index < -0.39 is 0 Å². The normalized spacial score (nSPS) is 29.8. The number of carbonyl (C=O) groups is 2. The maximum absolute atomic E-state index is 12.6. The third-order valence-corrected chi connectivity index (χ3v) is 4.43. The minimum atomic E-state index is -0.333. The van der Waals surface area contributed by atoms with Crippen LogP contribution in [0.5, 0.6) is 0 Å². The lowest BCUT2D eigenvalue weighted by atomic mass is 9.99. The molecule has 2 aliphatic heterocycles. The molecule has 0 bridgehead atoms. The third-order valence-electron chi connectivity index (χ3n) is 4.43. The topological polar surface area (TPSA) is 58.6 Å². The molecule has 5 heteroatoms. The van der Waals surface area contributed by atoms with Crippen molar-refractivity contribution in [1.29, 1.82) is 0 Å². The van der Waals surface area contributed by atoms with Gasteiger partial charge in [0.15, 0.2) is 0 Å². The van der Waals surface area contributed by atoms with Crippen LogP contribution in [0.1, 0.15) is 58.8 Å². The maximum atomic E-state index is 12.6. The molecular weight excluding hydrogens is 268 g/mol. The summed E-state index contributed by atoms with van der Waals surface area (Å²) in [6, 6.07) is -0.628. The van der Waals surface area contributed by atoms with Gasteiger partial charge in [0.1, 0.15) is 12.1 Å². The summed E-state index contributed by atoms with van der Waals surface area (Å²) in [4.78, 5) is 26.7. The lowest BCUT2D eigenvalue weighted by Gasteiger charge is -2.39. The summed E-state index contributed by atoms with van der Waals surface area (Å²) >= 11 is 0. The molecular formula is C16H28N2O3. The Hall–Kier alpha value is -1.10. The highest BCUT2D eigenvalue weighted by Crippen LogP contribution is 2.21. The second-order valence-electron chi connectivity index (χ2n) is 6.11. The Labute approximate surface area is 127 Å². The predicted octanol–water partition coefficient (Wildman–Crippen LogP) is 1.85. The Morgan fingerprint density at radius 2 is 1.95 bits per heavy atom. The molecule has 2 rings (SSSR count). The quantitative estimate of drug-likeness (QED) is 0.780. The van der Waals surface area contributed by atoms with E-state index in [1.807, 2.05) is 18.7 Å². The molecule has 3 atom stereocenters. The molecule has 2 fully saturated rings. The number of nitrogens with zero attached hydrogens (tertiary/aromatic N) is 1. The summed E-state index contributed by atoms with van der Waals surface area (Å²) in [5.41, 5.74) is 0. The molecule has 0 aromatic carbocycles. The molecule has 2 saturated heterocycles. The molecule has 2 heterocycles. The number of hydrogen-bond donors (Lipinski definition) is 1. The highest BCUT2D eigenvalue weighted by atomic mass is 16.5. The van der Waals surface area contributed by atoms with Crippen LogP contribution in [0.4, 0.5) is 0 Å². The second kappa shape index (κ2) is 7.78. The zero-order chi connectivity index (χ0) is 15.2. The van der Waals surface area contributed by atoms with E-state index in [0.29, 0.717) is 6.54 Å². The van der Waals surface area contributed by atoms with E-state index in [1.165, 1.54) is 0 Å². The Morgan fingerprint density at radius 3 is 2.57 bits per heavy atom. The van der Waals surface area contributed by atoms with Gasteiger partial charge in [-0.25, -0.2) is 0 Å². The van der Waals surface area contributed by atoms with Crippen molar-refractivity contribution in [1.82, 2.24) is 10.2 Å². The van der Waals surface area contributed by atoms with Crippen molar-refractivity contribution in [3.8, 4) is 0 Å². The van der Waals surface area contributed by atoms with Gasteiger partial charge in [0.25, 0.3) is 0 Å². The fraction of sp³-hybridized carbons (Fsp3) is 0.875. The van der Waals surface area contributed by atoms with Crippen LogP contribution < -0.4 is 5.32 Å². The highest BCUT2D eigenvalue weighted by molar-refractivity contribution is 5.96. The lowest BCUT2D eigenvalue weighted by Crippen LogP contribution is -2.63. The molecule has 0 spiro atoms. The molecule has 0 aromatic rings. The third kappa shape index (κ3) is 3.96.